The number of hydrogen-bond acceptors (Lipinski definition) is 7. The van der Waals surface area contributed by atoms with Crippen LogP contribution in [0.2, 0.25) is 0 Å². The fraction of sp³-hybridized carbons (Fsp3) is 0.458. The molecule has 2 atom stereocenters. The van der Waals surface area contributed by atoms with Crippen molar-refractivity contribution in [3.63, 3.8) is 0 Å². The summed E-state index contributed by atoms with van der Waals surface area (Å²) in [7, 11) is 4.28. The number of ketones is 1. The molecule has 0 bridgehead atoms. The number of aromatic nitrogens is 2. The largest absolute Gasteiger partial charge is 0.501 e. The summed E-state index contributed by atoms with van der Waals surface area (Å²) < 4.78 is 20.1. The molecule has 0 aliphatic carbocycles. The zero-order valence-electron chi connectivity index (χ0n) is 20.2. The summed E-state index contributed by atoms with van der Waals surface area (Å²) in [5.41, 5.74) is -0.525. The van der Waals surface area contributed by atoms with E-state index in [0.29, 0.717) is 12.0 Å². The molecular weight excluding hydrogens is 459 g/mol. The van der Waals surface area contributed by atoms with E-state index in [4.69, 9.17) is 4.74 Å². The Morgan fingerprint density at radius 2 is 1.80 bits per heavy atom. The molecule has 1 aromatic heterocycles. The van der Waals surface area contributed by atoms with Gasteiger partial charge in [0.2, 0.25) is 5.75 Å². The van der Waals surface area contributed by atoms with E-state index in [1.165, 1.54) is 37.8 Å². The van der Waals surface area contributed by atoms with Gasteiger partial charge in [0.1, 0.15) is 17.7 Å². The normalized spacial score (nSPS) is 17.3. The van der Waals surface area contributed by atoms with Gasteiger partial charge in [-0.1, -0.05) is 19.1 Å². The summed E-state index contributed by atoms with van der Waals surface area (Å²) in [4.78, 5) is 57.8. The first-order valence-corrected chi connectivity index (χ1v) is 11.3. The van der Waals surface area contributed by atoms with Crippen LogP contribution < -0.4 is 5.56 Å². The number of rotatable bonds is 6. The second kappa shape index (κ2) is 10.8. The highest BCUT2D eigenvalue weighted by Crippen LogP contribution is 2.28. The van der Waals surface area contributed by atoms with Gasteiger partial charge in [-0.05, 0) is 30.5 Å². The molecule has 1 N–H and O–H groups in total. The van der Waals surface area contributed by atoms with E-state index in [1.807, 2.05) is 6.92 Å². The minimum Gasteiger partial charge on any atom is -0.501 e. The van der Waals surface area contributed by atoms with Gasteiger partial charge < -0.3 is 19.6 Å². The lowest BCUT2D eigenvalue weighted by molar-refractivity contribution is -0.151. The molecule has 0 radical (unpaired) electrons. The predicted molar refractivity (Wildman–Crippen MR) is 124 cm³/mol. The summed E-state index contributed by atoms with van der Waals surface area (Å²) in [6, 6.07) is 4.22. The lowest BCUT2D eigenvalue weighted by atomic mass is 10.0. The fourth-order valence-corrected chi connectivity index (χ4v) is 3.88. The van der Waals surface area contributed by atoms with Gasteiger partial charge in [0.25, 0.3) is 5.56 Å². The molecule has 10 nitrogen and oxygen atoms in total. The second-order valence-electron chi connectivity index (χ2n) is 8.62. The Morgan fingerprint density at radius 3 is 2.40 bits per heavy atom. The number of ether oxygens (including phenoxy) is 1. The van der Waals surface area contributed by atoms with Crippen molar-refractivity contribution < 1.29 is 28.6 Å². The minimum absolute atomic E-state index is 0.0557. The van der Waals surface area contributed by atoms with E-state index in [9.17, 15) is 28.7 Å². The summed E-state index contributed by atoms with van der Waals surface area (Å²) in [6.45, 7) is 1.90. The maximum Gasteiger partial charge on any atom is 0.312 e. The molecule has 2 heterocycles. The molecule has 1 aliphatic heterocycles. The van der Waals surface area contributed by atoms with Crippen LogP contribution in [0.3, 0.4) is 0 Å². The molecule has 2 amide bonds. The van der Waals surface area contributed by atoms with Crippen LogP contribution in [-0.4, -0.2) is 76.4 Å². The van der Waals surface area contributed by atoms with Gasteiger partial charge in [0.05, 0.1) is 19.3 Å². The number of nitrogens with zero attached hydrogens (tertiary/aromatic N) is 4. The highest BCUT2D eigenvalue weighted by atomic mass is 19.1. The van der Waals surface area contributed by atoms with E-state index in [2.05, 4.69) is 4.98 Å². The number of carbonyl (C=O) groups excluding carboxylic acids is 3. The highest BCUT2D eigenvalue weighted by molar-refractivity contribution is 6.34. The Balaban J connectivity index is 2.02. The molecule has 0 saturated heterocycles. The first kappa shape index (κ1) is 26.0. The van der Waals surface area contributed by atoms with Gasteiger partial charge in [0.15, 0.2) is 11.5 Å². The summed E-state index contributed by atoms with van der Waals surface area (Å²) in [6.07, 6.45) is 0.632. The lowest BCUT2D eigenvalue weighted by Crippen LogP contribution is -2.44. The molecule has 0 fully saturated rings. The van der Waals surface area contributed by atoms with Crippen molar-refractivity contribution in [3.8, 4) is 5.75 Å². The standard InChI is InChI=1S/C24H29FN4O6/c1-5-16-12-35-13-17(28(4)24(34)23(33)27(2)3)21-26-19(20(31)22(32)29(16)21)18(30)11-8-14-6-9-15(25)10-7-14/h6-7,9-10,16-17,31H,5,8,11-13H2,1-4H3/t16-,17-/m1/s1. The van der Waals surface area contributed by atoms with Crippen molar-refractivity contribution in [2.75, 3.05) is 34.4 Å². The molecule has 1 aliphatic rings. The van der Waals surface area contributed by atoms with Crippen LogP contribution in [0.5, 0.6) is 5.75 Å². The number of fused-ring (bicyclic) bond motifs is 1. The Hall–Kier alpha value is -3.60. The van der Waals surface area contributed by atoms with E-state index in [-0.39, 0.29) is 31.9 Å². The van der Waals surface area contributed by atoms with E-state index in [1.54, 1.807) is 12.1 Å². The van der Waals surface area contributed by atoms with Gasteiger partial charge in [-0.3, -0.25) is 23.7 Å². The molecule has 11 heteroatoms. The first-order valence-electron chi connectivity index (χ1n) is 11.3. The van der Waals surface area contributed by atoms with Gasteiger partial charge in [-0.2, -0.15) is 0 Å². The monoisotopic (exact) mass is 488 g/mol. The third kappa shape index (κ3) is 5.40. The summed E-state index contributed by atoms with van der Waals surface area (Å²) in [5, 5.41) is 10.6. The predicted octanol–water partition coefficient (Wildman–Crippen LogP) is 1.47. The van der Waals surface area contributed by atoms with Crippen molar-refractivity contribution >= 4 is 17.6 Å². The fourth-order valence-electron chi connectivity index (χ4n) is 3.88. The second-order valence-corrected chi connectivity index (χ2v) is 8.62. The molecule has 3 rings (SSSR count). The minimum atomic E-state index is -0.945. The van der Waals surface area contributed by atoms with Gasteiger partial charge in [-0.25, -0.2) is 9.37 Å². The van der Waals surface area contributed by atoms with Gasteiger partial charge in [0, 0.05) is 27.6 Å². The molecule has 35 heavy (non-hydrogen) atoms. The lowest BCUT2D eigenvalue weighted by Gasteiger charge is -2.28. The average molecular weight is 489 g/mol. The smallest absolute Gasteiger partial charge is 0.312 e. The number of aromatic hydroxyl groups is 1. The number of aryl methyl sites for hydroxylation is 1. The average Bonchev–Trinajstić information content (AvgIpc) is 3.03. The maximum absolute atomic E-state index is 13.2. The maximum atomic E-state index is 13.2. The Labute approximate surface area is 201 Å². The van der Waals surface area contributed by atoms with Crippen LogP contribution in [0.4, 0.5) is 4.39 Å². The van der Waals surface area contributed by atoms with Crippen LogP contribution in [-0.2, 0) is 20.7 Å². The van der Waals surface area contributed by atoms with E-state index >= 15 is 0 Å². The molecule has 0 saturated carbocycles. The van der Waals surface area contributed by atoms with E-state index < -0.39 is 52.5 Å². The van der Waals surface area contributed by atoms with Crippen LogP contribution in [0.15, 0.2) is 29.1 Å². The van der Waals surface area contributed by atoms with Crippen LogP contribution in [0, 0.1) is 5.82 Å². The number of halogens is 1. The topological polar surface area (TPSA) is 122 Å². The highest BCUT2D eigenvalue weighted by Gasteiger charge is 2.36. The molecule has 2 aromatic rings. The summed E-state index contributed by atoms with van der Waals surface area (Å²) >= 11 is 0. The zero-order valence-corrected chi connectivity index (χ0v) is 20.2. The molecular formula is C24H29FN4O6. The quantitative estimate of drug-likeness (QED) is 0.483. The number of likely N-dealkylation sites (N-methyl/N-ethyl adjacent to an activating group) is 2. The van der Waals surface area contributed by atoms with Gasteiger partial charge in [-0.15, -0.1) is 0 Å². The van der Waals surface area contributed by atoms with Crippen molar-refractivity contribution in [2.24, 2.45) is 0 Å². The first-order chi connectivity index (χ1) is 16.6. The van der Waals surface area contributed by atoms with Crippen molar-refractivity contribution in [2.45, 2.75) is 38.3 Å². The zero-order chi connectivity index (χ0) is 25.9. The van der Waals surface area contributed by atoms with Crippen molar-refractivity contribution in [3.05, 3.63) is 57.5 Å². The number of Topliss-reactive ketones (excluding diaryl/α,β-unsaturated/α-hetero) is 1. The van der Waals surface area contributed by atoms with Crippen LogP contribution >= 0.6 is 0 Å². The Bertz CT molecular complexity index is 1180. The SMILES string of the molecule is CC[C@@H]1COC[C@@H](N(C)C(=O)C(=O)N(C)C)c2nc(C(=O)CCc3ccc(F)cc3)c(O)c(=O)n21. The third-order valence-electron chi connectivity index (χ3n) is 6.03. The molecule has 1 aromatic carbocycles. The number of amides is 2. The van der Waals surface area contributed by atoms with Crippen LogP contribution in [0.1, 0.15) is 53.7 Å². The van der Waals surface area contributed by atoms with Crippen molar-refractivity contribution in [1.29, 1.82) is 0 Å². The molecule has 0 unspecified atom stereocenters. The molecule has 188 valence electrons. The summed E-state index contributed by atoms with van der Waals surface area (Å²) in [5.74, 6) is -3.31. The van der Waals surface area contributed by atoms with Crippen LogP contribution in [0.25, 0.3) is 0 Å². The molecule has 0 spiro atoms. The number of hydrogen-bond donors (Lipinski definition) is 1. The third-order valence-corrected chi connectivity index (χ3v) is 6.03. The van der Waals surface area contributed by atoms with Gasteiger partial charge >= 0.3 is 11.8 Å². The van der Waals surface area contributed by atoms with E-state index in [0.717, 1.165) is 9.80 Å². The Kier molecular flexibility index (Phi) is 8.00. The number of benzene rings is 1. The number of carbonyl (C=O) groups is 3. The van der Waals surface area contributed by atoms with Crippen molar-refractivity contribution in [1.82, 2.24) is 19.4 Å². The Morgan fingerprint density at radius 1 is 1.14 bits per heavy atom.